The summed E-state index contributed by atoms with van der Waals surface area (Å²) in [7, 11) is 0. The average molecular weight is 273 g/mol. The zero-order chi connectivity index (χ0) is 10.1. The van der Waals surface area contributed by atoms with E-state index in [4.69, 9.17) is 4.42 Å². The highest BCUT2D eigenvalue weighted by atomic mass is 79.9. The van der Waals surface area contributed by atoms with Gasteiger partial charge in [0.1, 0.15) is 6.10 Å². The van der Waals surface area contributed by atoms with Crippen LogP contribution >= 0.6 is 27.3 Å². The van der Waals surface area contributed by atoms with Crippen molar-refractivity contribution in [2.45, 2.75) is 13.0 Å². The van der Waals surface area contributed by atoms with Crippen LogP contribution in [0.15, 0.2) is 32.7 Å². The Morgan fingerprint density at radius 2 is 2.29 bits per heavy atom. The van der Waals surface area contributed by atoms with Gasteiger partial charge in [0.05, 0.1) is 10.7 Å². The molecule has 0 saturated heterocycles. The van der Waals surface area contributed by atoms with Crippen molar-refractivity contribution < 1.29 is 9.52 Å². The Morgan fingerprint density at radius 1 is 1.50 bits per heavy atom. The second-order valence-corrected chi connectivity index (χ2v) is 4.81. The summed E-state index contributed by atoms with van der Waals surface area (Å²) in [6.45, 7) is 1.98. The van der Waals surface area contributed by atoms with Gasteiger partial charge in [0, 0.05) is 4.88 Å². The van der Waals surface area contributed by atoms with Crippen molar-refractivity contribution >= 4 is 27.3 Å². The van der Waals surface area contributed by atoms with Crippen LogP contribution in [0.4, 0.5) is 0 Å². The Hall–Kier alpha value is -0.580. The first kappa shape index (κ1) is 9.96. The van der Waals surface area contributed by atoms with E-state index in [1.165, 1.54) is 11.3 Å². The first-order valence-electron chi connectivity index (χ1n) is 4.15. The Morgan fingerprint density at radius 3 is 2.79 bits per heavy atom. The standard InChI is InChI=1S/C10H9BrO2S/c1-6-3-5-14-10(6)8(12)9-7(11)2-4-13-9/h2-5,8,12H,1H3. The lowest BCUT2D eigenvalue weighted by atomic mass is 10.1. The fraction of sp³-hybridized carbons (Fsp3) is 0.200. The minimum absolute atomic E-state index is 0.565. The van der Waals surface area contributed by atoms with Gasteiger partial charge in [-0.15, -0.1) is 11.3 Å². The lowest BCUT2D eigenvalue weighted by Gasteiger charge is -2.07. The summed E-state index contributed by atoms with van der Waals surface area (Å²) in [5, 5.41) is 12.0. The Bertz CT molecular complexity index is 393. The summed E-state index contributed by atoms with van der Waals surface area (Å²) in [5.74, 6) is 0.565. The van der Waals surface area contributed by atoms with Gasteiger partial charge < -0.3 is 9.52 Å². The van der Waals surface area contributed by atoms with E-state index in [1.54, 1.807) is 12.3 Å². The summed E-state index contributed by atoms with van der Waals surface area (Å²) in [6, 6.07) is 3.77. The van der Waals surface area contributed by atoms with Gasteiger partial charge in [0.2, 0.25) is 0 Å². The molecule has 0 aliphatic rings. The molecule has 0 spiro atoms. The third-order valence-electron chi connectivity index (χ3n) is 2.04. The Kier molecular flexibility index (Phi) is 2.76. The van der Waals surface area contributed by atoms with E-state index >= 15 is 0 Å². The van der Waals surface area contributed by atoms with Crippen LogP contribution in [-0.2, 0) is 0 Å². The molecule has 4 heteroatoms. The minimum Gasteiger partial charge on any atom is -0.465 e. The molecule has 2 heterocycles. The van der Waals surface area contributed by atoms with Gasteiger partial charge in [0.15, 0.2) is 5.76 Å². The predicted molar refractivity (Wildman–Crippen MR) is 59.5 cm³/mol. The number of aryl methyl sites for hydroxylation is 1. The van der Waals surface area contributed by atoms with Crippen LogP contribution in [0, 0.1) is 6.92 Å². The second kappa shape index (κ2) is 3.88. The largest absolute Gasteiger partial charge is 0.465 e. The van der Waals surface area contributed by atoms with Gasteiger partial charge in [0.25, 0.3) is 0 Å². The number of aliphatic hydroxyl groups is 1. The molecule has 0 aromatic carbocycles. The highest BCUT2D eigenvalue weighted by Crippen LogP contribution is 2.33. The molecule has 74 valence electrons. The van der Waals surface area contributed by atoms with Crippen LogP contribution in [0.2, 0.25) is 0 Å². The number of hydrogen-bond donors (Lipinski definition) is 1. The number of thiophene rings is 1. The quantitative estimate of drug-likeness (QED) is 0.908. The molecule has 0 aliphatic carbocycles. The van der Waals surface area contributed by atoms with Crippen molar-refractivity contribution in [2.24, 2.45) is 0 Å². The molecule has 1 atom stereocenters. The molecule has 2 rings (SSSR count). The van der Waals surface area contributed by atoms with E-state index in [0.717, 1.165) is 14.9 Å². The zero-order valence-electron chi connectivity index (χ0n) is 7.53. The Labute approximate surface area is 94.3 Å². The third kappa shape index (κ3) is 1.65. The van der Waals surface area contributed by atoms with Gasteiger partial charge in [-0.05, 0) is 45.9 Å². The molecule has 14 heavy (non-hydrogen) atoms. The molecule has 0 saturated carbocycles. The summed E-state index contributed by atoms with van der Waals surface area (Å²) >= 11 is 4.86. The maximum absolute atomic E-state index is 10.0. The lowest BCUT2D eigenvalue weighted by molar-refractivity contribution is 0.191. The van der Waals surface area contributed by atoms with Gasteiger partial charge in [-0.3, -0.25) is 0 Å². The fourth-order valence-electron chi connectivity index (χ4n) is 1.28. The summed E-state index contributed by atoms with van der Waals surface area (Å²) in [4.78, 5) is 0.931. The summed E-state index contributed by atoms with van der Waals surface area (Å²) in [6.07, 6.45) is 0.894. The van der Waals surface area contributed by atoms with Crippen molar-refractivity contribution in [3.63, 3.8) is 0 Å². The first-order valence-corrected chi connectivity index (χ1v) is 5.82. The monoisotopic (exact) mass is 272 g/mol. The Balaban J connectivity index is 2.38. The van der Waals surface area contributed by atoms with E-state index in [9.17, 15) is 5.11 Å². The minimum atomic E-state index is -0.667. The smallest absolute Gasteiger partial charge is 0.151 e. The molecule has 0 amide bonds. The number of hydrogen-bond acceptors (Lipinski definition) is 3. The third-order valence-corrected chi connectivity index (χ3v) is 3.77. The van der Waals surface area contributed by atoms with Crippen LogP contribution in [-0.4, -0.2) is 5.11 Å². The van der Waals surface area contributed by atoms with Crippen LogP contribution in [0.25, 0.3) is 0 Å². The topological polar surface area (TPSA) is 33.4 Å². The van der Waals surface area contributed by atoms with E-state index in [-0.39, 0.29) is 0 Å². The number of furan rings is 1. The first-order chi connectivity index (χ1) is 6.70. The van der Waals surface area contributed by atoms with Crippen LogP contribution in [0.5, 0.6) is 0 Å². The van der Waals surface area contributed by atoms with Crippen molar-refractivity contribution in [3.8, 4) is 0 Å². The SMILES string of the molecule is Cc1ccsc1C(O)c1occc1Br. The highest BCUT2D eigenvalue weighted by molar-refractivity contribution is 9.10. The van der Waals surface area contributed by atoms with Crippen molar-refractivity contribution in [2.75, 3.05) is 0 Å². The average Bonchev–Trinajstić information content (AvgIpc) is 2.73. The number of aliphatic hydroxyl groups excluding tert-OH is 1. The highest BCUT2D eigenvalue weighted by Gasteiger charge is 2.19. The summed E-state index contributed by atoms with van der Waals surface area (Å²) < 4.78 is 6.02. The normalized spacial score (nSPS) is 13.1. The molecule has 1 unspecified atom stereocenters. The molecule has 0 bridgehead atoms. The maximum Gasteiger partial charge on any atom is 0.151 e. The van der Waals surface area contributed by atoms with Crippen molar-refractivity contribution in [3.05, 3.63) is 44.4 Å². The van der Waals surface area contributed by atoms with Crippen molar-refractivity contribution in [1.82, 2.24) is 0 Å². The molecular formula is C10H9BrO2S. The van der Waals surface area contributed by atoms with Gasteiger partial charge in [-0.2, -0.15) is 0 Å². The van der Waals surface area contributed by atoms with Gasteiger partial charge in [-0.25, -0.2) is 0 Å². The van der Waals surface area contributed by atoms with E-state index in [2.05, 4.69) is 15.9 Å². The van der Waals surface area contributed by atoms with Gasteiger partial charge in [-0.1, -0.05) is 0 Å². The molecule has 2 nitrogen and oxygen atoms in total. The van der Waals surface area contributed by atoms with Gasteiger partial charge >= 0.3 is 0 Å². The molecule has 2 aromatic heterocycles. The maximum atomic E-state index is 10.0. The summed E-state index contributed by atoms with van der Waals surface area (Å²) in [5.41, 5.74) is 1.09. The van der Waals surface area contributed by atoms with Crippen LogP contribution < -0.4 is 0 Å². The molecule has 2 aromatic rings. The van der Waals surface area contributed by atoms with E-state index in [1.807, 2.05) is 18.4 Å². The van der Waals surface area contributed by atoms with Crippen molar-refractivity contribution in [1.29, 1.82) is 0 Å². The van der Waals surface area contributed by atoms with Crippen LogP contribution in [0.1, 0.15) is 22.3 Å². The van der Waals surface area contributed by atoms with E-state index < -0.39 is 6.10 Å². The second-order valence-electron chi connectivity index (χ2n) is 3.00. The molecule has 1 N–H and O–H groups in total. The molecule has 0 aliphatic heterocycles. The zero-order valence-corrected chi connectivity index (χ0v) is 9.93. The molecule has 0 fully saturated rings. The van der Waals surface area contributed by atoms with Crippen LogP contribution in [0.3, 0.4) is 0 Å². The molecule has 0 radical (unpaired) electrons. The number of rotatable bonds is 2. The lowest BCUT2D eigenvalue weighted by Crippen LogP contribution is -1.97. The predicted octanol–water partition coefficient (Wildman–Crippen LogP) is 3.49. The van der Waals surface area contributed by atoms with E-state index in [0.29, 0.717) is 5.76 Å². The number of halogens is 1. The molecular weight excluding hydrogens is 264 g/mol. The fourth-order valence-corrected chi connectivity index (χ4v) is 2.61.